The van der Waals surface area contributed by atoms with Crippen molar-refractivity contribution in [2.75, 3.05) is 14.2 Å². The summed E-state index contributed by atoms with van der Waals surface area (Å²) in [6.45, 7) is 3.99. The van der Waals surface area contributed by atoms with Crippen LogP contribution in [0.2, 0.25) is 0 Å². The molecule has 0 saturated heterocycles. The van der Waals surface area contributed by atoms with Crippen molar-refractivity contribution in [3.63, 3.8) is 0 Å². The number of aromatic amines is 1. The van der Waals surface area contributed by atoms with Crippen molar-refractivity contribution >= 4 is 16.0 Å². The van der Waals surface area contributed by atoms with Crippen molar-refractivity contribution < 1.29 is 17.9 Å². The Balaban J connectivity index is 1.93. The van der Waals surface area contributed by atoms with Crippen LogP contribution < -0.4 is 5.56 Å². The van der Waals surface area contributed by atoms with Gasteiger partial charge >= 0.3 is 5.97 Å². The minimum Gasteiger partial charge on any atom is -0.469 e. The third-order valence-corrected chi connectivity index (χ3v) is 8.10. The van der Waals surface area contributed by atoms with Crippen molar-refractivity contribution in [3.8, 4) is 5.82 Å². The lowest BCUT2D eigenvalue weighted by Crippen LogP contribution is -2.36. The highest BCUT2D eigenvalue weighted by atomic mass is 32.2. The summed E-state index contributed by atoms with van der Waals surface area (Å²) in [4.78, 5) is 29.6. The van der Waals surface area contributed by atoms with Crippen LogP contribution in [-0.2, 0) is 19.6 Å². The van der Waals surface area contributed by atoms with E-state index in [0.717, 1.165) is 18.4 Å². The number of pyridine rings is 1. The topological polar surface area (TPSA) is 114 Å². The SMILES string of the molecule is CCCC(CC)N(C)S(=O)(=O)c1ccc(-n2[nH]cc(C(CC(=O)OC)c3ccccc3)c2=O)nc1. The molecule has 2 atom stereocenters. The summed E-state index contributed by atoms with van der Waals surface area (Å²) in [5.74, 6) is -0.698. The number of carbonyl (C=O) groups is 1. The van der Waals surface area contributed by atoms with Crippen LogP contribution in [0.25, 0.3) is 5.82 Å². The number of esters is 1. The van der Waals surface area contributed by atoms with Crippen molar-refractivity contribution in [1.82, 2.24) is 19.1 Å². The minimum absolute atomic E-state index is 0.000899. The second-order valence-corrected chi connectivity index (χ2v) is 10.3. The van der Waals surface area contributed by atoms with Gasteiger partial charge in [-0.3, -0.25) is 14.7 Å². The van der Waals surface area contributed by atoms with Crippen LogP contribution in [0.4, 0.5) is 0 Å². The van der Waals surface area contributed by atoms with Crippen molar-refractivity contribution in [1.29, 1.82) is 0 Å². The number of sulfonamides is 1. The summed E-state index contributed by atoms with van der Waals surface area (Å²) in [5.41, 5.74) is 0.804. The predicted octanol–water partition coefficient (Wildman–Crippen LogP) is 3.45. The van der Waals surface area contributed by atoms with E-state index < -0.39 is 21.9 Å². The highest BCUT2D eigenvalue weighted by Crippen LogP contribution is 2.26. The molecule has 2 unspecified atom stereocenters. The number of ether oxygens (including phenoxy) is 1. The van der Waals surface area contributed by atoms with Crippen molar-refractivity contribution in [2.45, 2.75) is 56.4 Å². The molecular formula is C25H32N4O5S. The van der Waals surface area contributed by atoms with Crippen LogP contribution in [0.15, 0.2) is 64.5 Å². The summed E-state index contributed by atoms with van der Waals surface area (Å²) in [5, 5.41) is 2.89. The Kier molecular flexibility index (Phi) is 8.63. The summed E-state index contributed by atoms with van der Waals surface area (Å²) in [6.07, 6.45) is 5.17. The van der Waals surface area contributed by atoms with E-state index in [0.29, 0.717) is 12.0 Å². The maximum Gasteiger partial charge on any atom is 0.306 e. The highest BCUT2D eigenvalue weighted by molar-refractivity contribution is 7.89. The molecule has 0 aliphatic heterocycles. The smallest absolute Gasteiger partial charge is 0.306 e. The maximum atomic E-state index is 13.3. The third kappa shape index (κ3) is 5.71. The summed E-state index contributed by atoms with van der Waals surface area (Å²) < 4.78 is 33.6. The van der Waals surface area contributed by atoms with Gasteiger partial charge in [0.2, 0.25) is 10.0 Å². The molecule has 9 nitrogen and oxygen atoms in total. The number of nitrogens with one attached hydrogen (secondary N) is 1. The Morgan fingerprint density at radius 1 is 1.17 bits per heavy atom. The Morgan fingerprint density at radius 3 is 2.46 bits per heavy atom. The number of carbonyl (C=O) groups excluding carboxylic acids is 1. The van der Waals surface area contributed by atoms with Gasteiger partial charge in [-0.15, -0.1) is 0 Å². The second-order valence-electron chi connectivity index (χ2n) is 8.34. The molecule has 0 aliphatic rings. The number of rotatable bonds is 11. The Labute approximate surface area is 205 Å². The standard InChI is InChI=1S/C25H32N4O5S/c1-5-10-19(6-2)28(3)35(32,33)20-13-14-23(26-16-20)29-25(31)22(17-27-29)21(15-24(30)34-4)18-11-8-7-9-12-18/h7-9,11-14,16-17,19,21,27H,5-6,10,15H2,1-4H3. The number of nitrogens with zero attached hydrogens (tertiary/aromatic N) is 3. The molecule has 0 aliphatic carbocycles. The fraction of sp³-hybridized carbons (Fsp3) is 0.400. The molecule has 1 N–H and O–H groups in total. The van der Waals surface area contributed by atoms with Gasteiger partial charge in [-0.25, -0.2) is 18.1 Å². The average Bonchev–Trinajstić information content (AvgIpc) is 3.26. The van der Waals surface area contributed by atoms with Crippen molar-refractivity contribution in [3.05, 3.63) is 76.3 Å². The normalized spacial score (nSPS) is 13.5. The maximum absolute atomic E-state index is 13.3. The zero-order valence-corrected chi connectivity index (χ0v) is 21.3. The first-order valence-electron chi connectivity index (χ1n) is 11.6. The van der Waals surface area contributed by atoms with Crippen LogP contribution >= 0.6 is 0 Å². The van der Waals surface area contributed by atoms with Crippen LogP contribution in [0.5, 0.6) is 0 Å². The molecule has 0 radical (unpaired) electrons. The fourth-order valence-electron chi connectivity index (χ4n) is 4.14. The molecule has 3 rings (SSSR count). The largest absolute Gasteiger partial charge is 0.469 e. The molecule has 35 heavy (non-hydrogen) atoms. The number of H-pyrrole nitrogens is 1. The number of benzene rings is 1. The molecule has 0 saturated carbocycles. The van der Waals surface area contributed by atoms with Gasteiger partial charge in [-0.05, 0) is 30.5 Å². The fourth-order valence-corrected chi connectivity index (χ4v) is 5.55. The van der Waals surface area contributed by atoms with Gasteiger partial charge < -0.3 is 4.74 Å². The Morgan fingerprint density at radius 2 is 1.89 bits per heavy atom. The van der Waals surface area contributed by atoms with Gasteiger partial charge in [-0.1, -0.05) is 50.6 Å². The first kappa shape index (κ1) is 26.4. The second kappa shape index (κ2) is 11.5. The van der Waals surface area contributed by atoms with Gasteiger partial charge in [0.15, 0.2) is 5.82 Å². The third-order valence-electron chi connectivity index (χ3n) is 6.21. The van der Waals surface area contributed by atoms with E-state index in [1.165, 1.54) is 34.4 Å². The molecule has 2 heterocycles. The number of hydrogen-bond donors (Lipinski definition) is 1. The molecule has 10 heteroatoms. The quantitative estimate of drug-likeness (QED) is 0.403. The van der Waals surface area contributed by atoms with Crippen LogP contribution in [0, 0.1) is 0 Å². The van der Waals surface area contributed by atoms with Crippen molar-refractivity contribution in [2.24, 2.45) is 0 Å². The van der Waals surface area contributed by atoms with Crippen LogP contribution in [-0.4, -0.2) is 53.7 Å². The lowest BCUT2D eigenvalue weighted by atomic mass is 9.90. The first-order valence-corrected chi connectivity index (χ1v) is 13.0. The molecule has 3 aromatic rings. The van der Waals surface area contributed by atoms with Gasteiger partial charge in [0, 0.05) is 37.0 Å². The van der Waals surface area contributed by atoms with Gasteiger partial charge in [0.05, 0.1) is 13.5 Å². The highest BCUT2D eigenvalue weighted by Gasteiger charge is 2.27. The molecule has 0 bridgehead atoms. The van der Waals surface area contributed by atoms with Crippen LogP contribution in [0.1, 0.15) is 56.6 Å². The van der Waals surface area contributed by atoms with E-state index in [2.05, 4.69) is 10.1 Å². The zero-order chi connectivity index (χ0) is 25.6. The van der Waals surface area contributed by atoms with E-state index >= 15 is 0 Å². The Hall–Kier alpha value is -3.24. The molecule has 188 valence electrons. The van der Waals surface area contributed by atoms with Gasteiger partial charge in [-0.2, -0.15) is 4.31 Å². The summed E-state index contributed by atoms with van der Waals surface area (Å²) in [6, 6.07) is 12.1. The number of hydrogen-bond acceptors (Lipinski definition) is 6. The summed E-state index contributed by atoms with van der Waals surface area (Å²) >= 11 is 0. The molecule has 0 spiro atoms. The molecule has 2 aromatic heterocycles. The first-order chi connectivity index (χ1) is 16.7. The molecule has 0 fully saturated rings. The molecule has 1 aromatic carbocycles. The number of methoxy groups -OCH3 is 1. The molecular weight excluding hydrogens is 468 g/mol. The molecule has 0 amide bonds. The Bertz CT molecular complexity index is 1280. The number of aromatic nitrogens is 3. The van der Waals surface area contributed by atoms with E-state index in [1.807, 2.05) is 44.2 Å². The zero-order valence-electron chi connectivity index (χ0n) is 20.5. The minimum atomic E-state index is -3.72. The summed E-state index contributed by atoms with van der Waals surface area (Å²) in [7, 11) is -0.830. The average molecular weight is 501 g/mol. The van der Waals surface area contributed by atoms with Gasteiger partial charge in [0.1, 0.15) is 4.90 Å². The van der Waals surface area contributed by atoms with E-state index in [4.69, 9.17) is 4.74 Å². The van der Waals surface area contributed by atoms with E-state index in [1.54, 1.807) is 13.2 Å². The van der Waals surface area contributed by atoms with E-state index in [9.17, 15) is 18.0 Å². The van der Waals surface area contributed by atoms with Gasteiger partial charge in [0.25, 0.3) is 5.56 Å². The lowest BCUT2D eigenvalue weighted by Gasteiger charge is -2.26. The predicted molar refractivity (Wildman–Crippen MR) is 133 cm³/mol. The lowest BCUT2D eigenvalue weighted by molar-refractivity contribution is -0.140. The van der Waals surface area contributed by atoms with E-state index in [-0.39, 0.29) is 28.7 Å². The van der Waals surface area contributed by atoms with Crippen LogP contribution in [0.3, 0.4) is 0 Å². The monoisotopic (exact) mass is 500 g/mol.